The fourth-order valence-electron chi connectivity index (χ4n) is 1.81. The van der Waals surface area contributed by atoms with Crippen LogP contribution in [0.25, 0.3) is 0 Å². The Kier molecular flexibility index (Phi) is 5.61. The molecule has 7 nitrogen and oxygen atoms in total. The van der Waals surface area contributed by atoms with Gasteiger partial charge in [0.2, 0.25) is 5.91 Å². The number of primary amides is 1. The lowest BCUT2D eigenvalue weighted by Crippen LogP contribution is -2.28. The third-order valence-electron chi connectivity index (χ3n) is 2.89. The predicted octanol–water partition coefficient (Wildman–Crippen LogP) is 1.48. The highest BCUT2D eigenvalue weighted by Crippen LogP contribution is 2.21. The first kappa shape index (κ1) is 16.8. The van der Waals surface area contributed by atoms with Gasteiger partial charge in [0.15, 0.2) is 5.13 Å². The first-order chi connectivity index (χ1) is 10.9. The maximum Gasteiger partial charge on any atom is 0.321 e. The Labute approximate surface area is 135 Å². The second kappa shape index (κ2) is 7.65. The van der Waals surface area contributed by atoms with Crippen molar-refractivity contribution in [1.29, 1.82) is 0 Å². The van der Waals surface area contributed by atoms with Crippen LogP contribution in [0.2, 0.25) is 0 Å². The fraction of sp³-hybridized carbons (Fsp3) is 0.214. The summed E-state index contributed by atoms with van der Waals surface area (Å²) >= 11 is 1.18. The summed E-state index contributed by atoms with van der Waals surface area (Å²) < 4.78 is 13.0. The van der Waals surface area contributed by atoms with Gasteiger partial charge in [-0.05, 0) is 17.7 Å². The zero-order valence-corrected chi connectivity index (χ0v) is 12.9. The van der Waals surface area contributed by atoms with Crippen LogP contribution in [0.4, 0.5) is 14.3 Å². The van der Waals surface area contributed by atoms with Gasteiger partial charge in [-0.15, -0.1) is 11.3 Å². The van der Waals surface area contributed by atoms with Crippen LogP contribution >= 0.6 is 11.3 Å². The molecule has 2 aromatic rings. The van der Waals surface area contributed by atoms with Gasteiger partial charge in [0.05, 0.1) is 11.7 Å². The van der Waals surface area contributed by atoms with Crippen LogP contribution < -0.4 is 22.1 Å². The van der Waals surface area contributed by atoms with E-state index in [4.69, 9.17) is 11.5 Å². The monoisotopic (exact) mass is 337 g/mol. The molecule has 23 heavy (non-hydrogen) atoms. The molecule has 9 heteroatoms. The number of halogens is 1. The fourth-order valence-corrected chi connectivity index (χ4v) is 2.58. The van der Waals surface area contributed by atoms with Crippen LogP contribution in [0.1, 0.15) is 23.7 Å². The molecule has 0 bridgehead atoms. The SMILES string of the molecule is NC(=O)CC(N)c1csc(NC(=O)NCc2cccc(F)c2)n1. The van der Waals surface area contributed by atoms with Gasteiger partial charge < -0.3 is 16.8 Å². The van der Waals surface area contributed by atoms with Crippen molar-refractivity contribution < 1.29 is 14.0 Å². The summed E-state index contributed by atoms with van der Waals surface area (Å²) in [6.45, 7) is 0.184. The number of aromatic nitrogens is 1. The predicted molar refractivity (Wildman–Crippen MR) is 85.1 cm³/mol. The van der Waals surface area contributed by atoms with E-state index in [0.29, 0.717) is 16.4 Å². The molecule has 0 aliphatic rings. The molecule has 1 aromatic carbocycles. The molecule has 1 atom stereocenters. The largest absolute Gasteiger partial charge is 0.370 e. The standard InChI is InChI=1S/C14H16FN5O2S/c15-9-3-1-2-8(4-9)6-18-13(22)20-14-19-11(7-23-14)10(16)5-12(17)21/h1-4,7,10H,5-6,16H2,(H2,17,21)(H2,18,19,20,22). The highest BCUT2D eigenvalue weighted by atomic mass is 32.1. The first-order valence-electron chi connectivity index (χ1n) is 6.72. The topological polar surface area (TPSA) is 123 Å². The van der Waals surface area contributed by atoms with E-state index in [0.717, 1.165) is 0 Å². The number of nitrogens with two attached hydrogens (primary N) is 2. The number of hydrogen-bond acceptors (Lipinski definition) is 5. The van der Waals surface area contributed by atoms with Crippen LogP contribution in [-0.2, 0) is 11.3 Å². The molecule has 122 valence electrons. The molecule has 0 aliphatic heterocycles. The van der Waals surface area contributed by atoms with Crippen molar-refractivity contribution in [2.75, 3.05) is 5.32 Å². The minimum Gasteiger partial charge on any atom is -0.370 e. The maximum atomic E-state index is 13.0. The van der Waals surface area contributed by atoms with Crippen molar-refractivity contribution >= 4 is 28.4 Å². The van der Waals surface area contributed by atoms with E-state index in [1.807, 2.05) is 0 Å². The third-order valence-corrected chi connectivity index (χ3v) is 3.66. The summed E-state index contributed by atoms with van der Waals surface area (Å²) in [6.07, 6.45) is -0.0189. The molecular weight excluding hydrogens is 321 g/mol. The molecule has 0 fully saturated rings. The van der Waals surface area contributed by atoms with Gasteiger partial charge in [-0.2, -0.15) is 0 Å². The molecule has 3 amide bonds. The highest BCUT2D eigenvalue weighted by Gasteiger charge is 2.14. The molecule has 1 heterocycles. The van der Waals surface area contributed by atoms with E-state index >= 15 is 0 Å². The van der Waals surface area contributed by atoms with Gasteiger partial charge in [0.25, 0.3) is 0 Å². The van der Waals surface area contributed by atoms with Crippen molar-refractivity contribution in [2.24, 2.45) is 11.5 Å². The van der Waals surface area contributed by atoms with Gasteiger partial charge in [-0.3, -0.25) is 10.1 Å². The Bertz CT molecular complexity index is 706. The van der Waals surface area contributed by atoms with Crippen LogP contribution in [0, 0.1) is 5.82 Å². The normalized spacial score (nSPS) is 11.7. The Morgan fingerprint density at radius 2 is 2.17 bits per heavy atom. The quantitative estimate of drug-likeness (QED) is 0.637. The van der Waals surface area contributed by atoms with Crippen molar-refractivity contribution in [3.63, 3.8) is 0 Å². The molecule has 1 aromatic heterocycles. The Balaban J connectivity index is 1.86. The molecule has 2 rings (SSSR count). The van der Waals surface area contributed by atoms with Crippen LogP contribution in [0.5, 0.6) is 0 Å². The lowest BCUT2D eigenvalue weighted by molar-refractivity contribution is -0.118. The summed E-state index contributed by atoms with van der Waals surface area (Å²) in [5.74, 6) is -0.884. The number of urea groups is 1. The molecule has 0 saturated carbocycles. The average Bonchev–Trinajstić information content (AvgIpc) is 2.93. The summed E-state index contributed by atoms with van der Waals surface area (Å²) in [7, 11) is 0. The molecule has 0 aliphatic carbocycles. The van der Waals surface area contributed by atoms with Crippen LogP contribution in [0.15, 0.2) is 29.6 Å². The lowest BCUT2D eigenvalue weighted by atomic mass is 10.2. The van der Waals surface area contributed by atoms with Crippen LogP contribution in [0.3, 0.4) is 0 Å². The molecule has 0 radical (unpaired) electrons. The van der Waals surface area contributed by atoms with E-state index < -0.39 is 18.0 Å². The second-order valence-electron chi connectivity index (χ2n) is 4.79. The van der Waals surface area contributed by atoms with E-state index in [2.05, 4.69) is 15.6 Å². The average molecular weight is 337 g/mol. The molecular formula is C14H16FN5O2S. The molecule has 1 unspecified atom stereocenters. The molecule has 6 N–H and O–H groups in total. The van der Waals surface area contributed by atoms with E-state index in [-0.39, 0.29) is 18.8 Å². The zero-order chi connectivity index (χ0) is 16.8. The summed E-state index contributed by atoms with van der Waals surface area (Å²) in [5, 5.41) is 7.13. The maximum absolute atomic E-state index is 13.0. The first-order valence-corrected chi connectivity index (χ1v) is 7.60. The minimum atomic E-state index is -0.602. The van der Waals surface area contributed by atoms with Gasteiger partial charge in [0.1, 0.15) is 5.82 Å². The number of rotatable bonds is 6. The number of thiazole rings is 1. The second-order valence-corrected chi connectivity index (χ2v) is 5.65. The van der Waals surface area contributed by atoms with E-state index in [9.17, 15) is 14.0 Å². The summed E-state index contributed by atoms with van der Waals surface area (Å²) in [5.41, 5.74) is 12.0. The third kappa shape index (κ3) is 5.31. The number of nitrogens with one attached hydrogen (secondary N) is 2. The molecule has 0 saturated heterocycles. The van der Waals surface area contributed by atoms with Crippen molar-refractivity contribution in [3.8, 4) is 0 Å². The van der Waals surface area contributed by atoms with Gasteiger partial charge in [0, 0.05) is 18.3 Å². The zero-order valence-electron chi connectivity index (χ0n) is 12.1. The number of benzene rings is 1. The number of carbonyl (C=O) groups is 2. The summed E-state index contributed by atoms with van der Waals surface area (Å²) in [4.78, 5) is 26.7. The highest BCUT2D eigenvalue weighted by molar-refractivity contribution is 7.13. The Hall–Kier alpha value is -2.52. The number of amides is 3. The van der Waals surface area contributed by atoms with Crippen molar-refractivity contribution in [3.05, 3.63) is 46.7 Å². The van der Waals surface area contributed by atoms with Crippen molar-refractivity contribution in [2.45, 2.75) is 19.0 Å². The lowest BCUT2D eigenvalue weighted by Gasteiger charge is -2.06. The van der Waals surface area contributed by atoms with E-state index in [1.165, 1.54) is 23.5 Å². The van der Waals surface area contributed by atoms with Crippen molar-refractivity contribution in [1.82, 2.24) is 10.3 Å². The van der Waals surface area contributed by atoms with Gasteiger partial charge in [-0.25, -0.2) is 14.2 Å². The van der Waals surface area contributed by atoms with Gasteiger partial charge in [-0.1, -0.05) is 12.1 Å². The Morgan fingerprint density at radius 1 is 1.39 bits per heavy atom. The number of nitrogens with zero attached hydrogens (tertiary/aromatic N) is 1. The Morgan fingerprint density at radius 3 is 2.87 bits per heavy atom. The smallest absolute Gasteiger partial charge is 0.321 e. The van der Waals surface area contributed by atoms with E-state index in [1.54, 1.807) is 17.5 Å². The summed E-state index contributed by atoms with van der Waals surface area (Å²) in [6, 6.07) is 4.86. The number of carbonyl (C=O) groups excluding carboxylic acids is 2. The number of hydrogen-bond donors (Lipinski definition) is 4. The van der Waals surface area contributed by atoms with Gasteiger partial charge >= 0.3 is 6.03 Å². The molecule has 0 spiro atoms. The van der Waals surface area contributed by atoms with Crippen LogP contribution in [-0.4, -0.2) is 16.9 Å². The minimum absolute atomic E-state index is 0.0189. The number of anilines is 1.